The van der Waals surface area contributed by atoms with E-state index in [1.54, 1.807) is 13.1 Å². The van der Waals surface area contributed by atoms with Gasteiger partial charge < -0.3 is 9.72 Å². The van der Waals surface area contributed by atoms with E-state index < -0.39 is 5.97 Å². The zero-order valence-electron chi connectivity index (χ0n) is 12.5. The molecule has 0 aliphatic rings. The van der Waals surface area contributed by atoms with Crippen LogP contribution in [0, 0.1) is 0 Å². The number of unbranched alkanes of at least 4 members (excludes halogenated alkanes) is 5. The first kappa shape index (κ1) is 16.5. The molecule has 0 aromatic carbocycles. The van der Waals surface area contributed by atoms with Crippen LogP contribution in [0.1, 0.15) is 68.3 Å². The molecule has 1 aromatic heterocycles. The summed E-state index contributed by atoms with van der Waals surface area (Å²) >= 11 is 0. The van der Waals surface area contributed by atoms with Crippen LogP contribution in [0.25, 0.3) is 0 Å². The molecule has 0 amide bonds. The quantitative estimate of drug-likeness (QED) is 0.556. The van der Waals surface area contributed by atoms with Crippen LogP contribution in [-0.4, -0.2) is 17.6 Å². The topological polar surface area (TPSA) is 59.2 Å². The predicted molar refractivity (Wildman–Crippen MR) is 80.1 cm³/mol. The lowest BCUT2D eigenvalue weighted by Gasteiger charge is -2.04. The molecule has 1 N–H and O–H groups in total. The van der Waals surface area contributed by atoms with E-state index in [9.17, 15) is 9.59 Å². The second kappa shape index (κ2) is 9.34. The van der Waals surface area contributed by atoms with Gasteiger partial charge in [-0.2, -0.15) is 0 Å². The molecule has 0 aliphatic carbocycles. The number of esters is 1. The van der Waals surface area contributed by atoms with Crippen LogP contribution in [0.15, 0.2) is 17.2 Å². The van der Waals surface area contributed by atoms with Gasteiger partial charge in [0, 0.05) is 18.0 Å². The molecule has 0 spiro atoms. The van der Waals surface area contributed by atoms with E-state index in [2.05, 4.69) is 11.9 Å². The number of aromatic nitrogens is 1. The van der Waals surface area contributed by atoms with Gasteiger partial charge in [0.25, 0.3) is 0 Å². The molecule has 0 saturated heterocycles. The molecule has 4 heteroatoms. The van der Waals surface area contributed by atoms with E-state index in [-0.39, 0.29) is 17.6 Å². The molecular formula is C16H25NO3. The summed E-state index contributed by atoms with van der Waals surface area (Å²) in [5.74, 6) is -0.543. The number of ether oxygens (including phenoxy) is 1. The SMILES string of the molecule is CCCCCCCCc1c[nH]cc(C(=O)OCC)c1=O. The monoisotopic (exact) mass is 279 g/mol. The second-order valence-electron chi connectivity index (χ2n) is 4.96. The largest absolute Gasteiger partial charge is 0.462 e. The highest BCUT2D eigenvalue weighted by Crippen LogP contribution is 2.08. The van der Waals surface area contributed by atoms with Crippen molar-refractivity contribution in [3.63, 3.8) is 0 Å². The van der Waals surface area contributed by atoms with Gasteiger partial charge in [-0.15, -0.1) is 0 Å². The summed E-state index contributed by atoms with van der Waals surface area (Å²) in [7, 11) is 0. The van der Waals surface area contributed by atoms with E-state index in [1.165, 1.54) is 31.9 Å². The first-order valence-corrected chi connectivity index (χ1v) is 7.57. The Morgan fingerprint density at radius 2 is 1.80 bits per heavy atom. The smallest absolute Gasteiger partial charge is 0.343 e. The molecule has 0 atom stereocenters. The van der Waals surface area contributed by atoms with E-state index in [0.717, 1.165) is 12.8 Å². The van der Waals surface area contributed by atoms with E-state index in [4.69, 9.17) is 4.74 Å². The summed E-state index contributed by atoms with van der Waals surface area (Å²) in [6.07, 6.45) is 10.9. The van der Waals surface area contributed by atoms with Crippen molar-refractivity contribution in [3.05, 3.63) is 33.7 Å². The third-order valence-electron chi connectivity index (χ3n) is 3.32. The second-order valence-corrected chi connectivity index (χ2v) is 4.96. The van der Waals surface area contributed by atoms with Crippen LogP contribution in [-0.2, 0) is 11.2 Å². The number of nitrogens with one attached hydrogen (secondary N) is 1. The van der Waals surface area contributed by atoms with Crippen LogP contribution in [0.3, 0.4) is 0 Å². The lowest BCUT2D eigenvalue weighted by Crippen LogP contribution is -2.21. The number of pyridine rings is 1. The Bertz CT molecular complexity index is 465. The van der Waals surface area contributed by atoms with Crippen LogP contribution >= 0.6 is 0 Å². The Hall–Kier alpha value is -1.58. The van der Waals surface area contributed by atoms with E-state index >= 15 is 0 Å². The molecule has 20 heavy (non-hydrogen) atoms. The van der Waals surface area contributed by atoms with Gasteiger partial charge in [0.1, 0.15) is 5.56 Å². The molecule has 4 nitrogen and oxygen atoms in total. The lowest BCUT2D eigenvalue weighted by atomic mass is 10.0. The van der Waals surface area contributed by atoms with Gasteiger partial charge in [-0.1, -0.05) is 39.0 Å². The molecule has 0 unspecified atom stereocenters. The first-order valence-electron chi connectivity index (χ1n) is 7.57. The number of H-pyrrole nitrogens is 1. The summed E-state index contributed by atoms with van der Waals surface area (Å²) in [5, 5.41) is 0. The minimum absolute atomic E-state index is 0.107. The summed E-state index contributed by atoms with van der Waals surface area (Å²) in [5.41, 5.74) is 0.581. The molecule has 0 fully saturated rings. The predicted octanol–water partition coefficient (Wildman–Crippen LogP) is 3.45. The van der Waals surface area contributed by atoms with Crippen molar-refractivity contribution in [1.29, 1.82) is 0 Å². The Balaban J connectivity index is 2.52. The molecule has 1 heterocycles. The molecule has 0 radical (unpaired) electrons. The maximum absolute atomic E-state index is 12.1. The molecule has 112 valence electrons. The van der Waals surface area contributed by atoms with Gasteiger partial charge in [-0.3, -0.25) is 4.79 Å². The zero-order valence-corrected chi connectivity index (χ0v) is 12.5. The zero-order chi connectivity index (χ0) is 14.8. The number of hydrogen-bond acceptors (Lipinski definition) is 3. The van der Waals surface area contributed by atoms with Gasteiger partial charge in [0.2, 0.25) is 0 Å². The van der Waals surface area contributed by atoms with E-state index in [1.807, 2.05) is 0 Å². The van der Waals surface area contributed by atoms with Gasteiger partial charge in [0.05, 0.1) is 6.61 Å². The van der Waals surface area contributed by atoms with Crippen molar-refractivity contribution >= 4 is 5.97 Å². The number of aromatic amines is 1. The number of hydrogen-bond donors (Lipinski definition) is 1. The summed E-state index contributed by atoms with van der Waals surface area (Å²) in [6.45, 7) is 4.20. The maximum Gasteiger partial charge on any atom is 0.343 e. The minimum Gasteiger partial charge on any atom is -0.462 e. The van der Waals surface area contributed by atoms with Gasteiger partial charge in [0.15, 0.2) is 5.43 Å². The van der Waals surface area contributed by atoms with Crippen molar-refractivity contribution in [2.45, 2.75) is 58.8 Å². The van der Waals surface area contributed by atoms with Gasteiger partial charge >= 0.3 is 5.97 Å². The molecule has 0 bridgehead atoms. The third kappa shape index (κ3) is 5.19. The molecule has 0 aliphatic heterocycles. The Morgan fingerprint density at radius 3 is 2.50 bits per heavy atom. The molecule has 1 aromatic rings. The van der Waals surface area contributed by atoms with Crippen LogP contribution < -0.4 is 5.43 Å². The van der Waals surface area contributed by atoms with Crippen LogP contribution in [0.4, 0.5) is 0 Å². The average molecular weight is 279 g/mol. The van der Waals surface area contributed by atoms with Crippen LogP contribution in [0.5, 0.6) is 0 Å². The maximum atomic E-state index is 12.1. The van der Waals surface area contributed by atoms with Crippen molar-refractivity contribution in [3.8, 4) is 0 Å². The fraction of sp³-hybridized carbons (Fsp3) is 0.625. The van der Waals surface area contributed by atoms with E-state index in [0.29, 0.717) is 12.0 Å². The molecular weight excluding hydrogens is 254 g/mol. The fourth-order valence-electron chi connectivity index (χ4n) is 2.17. The Kier molecular flexibility index (Phi) is 7.70. The Morgan fingerprint density at radius 1 is 1.10 bits per heavy atom. The number of carbonyl (C=O) groups is 1. The van der Waals surface area contributed by atoms with Crippen molar-refractivity contribution in [1.82, 2.24) is 4.98 Å². The summed E-state index contributed by atoms with van der Waals surface area (Å²) in [6, 6.07) is 0. The first-order chi connectivity index (χ1) is 9.70. The molecule has 0 saturated carbocycles. The average Bonchev–Trinajstić information content (AvgIpc) is 2.44. The Labute approximate surface area is 120 Å². The van der Waals surface area contributed by atoms with Gasteiger partial charge in [-0.05, 0) is 19.8 Å². The number of aryl methyl sites for hydroxylation is 1. The fourth-order valence-corrected chi connectivity index (χ4v) is 2.17. The van der Waals surface area contributed by atoms with Crippen molar-refractivity contribution < 1.29 is 9.53 Å². The number of carbonyl (C=O) groups excluding carboxylic acids is 1. The standard InChI is InChI=1S/C16H25NO3/c1-3-5-6-7-8-9-10-13-11-17-12-14(15(13)18)16(19)20-4-2/h11-12H,3-10H2,1-2H3,(H,17,18). The highest BCUT2D eigenvalue weighted by molar-refractivity contribution is 5.89. The highest BCUT2D eigenvalue weighted by atomic mass is 16.5. The summed E-state index contributed by atoms with van der Waals surface area (Å²) in [4.78, 5) is 26.6. The number of rotatable bonds is 9. The normalized spacial score (nSPS) is 10.5. The van der Waals surface area contributed by atoms with Crippen molar-refractivity contribution in [2.24, 2.45) is 0 Å². The highest BCUT2D eigenvalue weighted by Gasteiger charge is 2.13. The minimum atomic E-state index is -0.543. The molecule has 1 rings (SSSR count). The van der Waals surface area contributed by atoms with Gasteiger partial charge in [-0.25, -0.2) is 4.79 Å². The lowest BCUT2D eigenvalue weighted by molar-refractivity contribution is 0.0524. The van der Waals surface area contributed by atoms with Crippen LogP contribution in [0.2, 0.25) is 0 Å². The summed E-state index contributed by atoms with van der Waals surface area (Å²) < 4.78 is 4.87. The van der Waals surface area contributed by atoms with Crippen molar-refractivity contribution in [2.75, 3.05) is 6.61 Å². The third-order valence-corrected chi connectivity index (χ3v) is 3.32.